The molecule has 4 rings (SSSR count). The number of benzene rings is 3. The molecule has 0 spiro atoms. The van der Waals surface area contributed by atoms with Crippen LogP contribution in [0, 0.1) is 0 Å². The Bertz CT molecular complexity index is 1090. The highest BCUT2D eigenvalue weighted by atomic mass is 32.1. The lowest BCUT2D eigenvalue weighted by molar-refractivity contribution is 0.102. The maximum Gasteiger partial charge on any atom is 0.275 e. The summed E-state index contributed by atoms with van der Waals surface area (Å²) in [7, 11) is 1.63. The van der Waals surface area contributed by atoms with Gasteiger partial charge in [-0.15, -0.1) is 11.3 Å². The van der Waals surface area contributed by atoms with Crippen LogP contribution in [-0.4, -0.2) is 18.0 Å². The van der Waals surface area contributed by atoms with Crippen molar-refractivity contribution in [1.82, 2.24) is 4.98 Å². The van der Waals surface area contributed by atoms with E-state index < -0.39 is 0 Å². The van der Waals surface area contributed by atoms with E-state index in [4.69, 9.17) is 9.47 Å². The van der Waals surface area contributed by atoms with Crippen molar-refractivity contribution in [3.8, 4) is 27.8 Å². The predicted octanol–water partition coefficient (Wildman–Crippen LogP) is 5.86. The summed E-state index contributed by atoms with van der Waals surface area (Å²) in [6.45, 7) is 0. The van der Waals surface area contributed by atoms with Crippen LogP contribution in [0.25, 0.3) is 10.6 Å². The Labute approximate surface area is 172 Å². The molecular weight excluding hydrogens is 384 g/mol. The third-order valence-electron chi connectivity index (χ3n) is 4.16. The van der Waals surface area contributed by atoms with Gasteiger partial charge in [-0.05, 0) is 60.7 Å². The van der Waals surface area contributed by atoms with Crippen molar-refractivity contribution in [1.29, 1.82) is 0 Å². The third-order valence-corrected chi connectivity index (χ3v) is 5.06. The molecule has 6 heteroatoms. The van der Waals surface area contributed by atoms with Gasteiger partial charge in [0.15, 0.2) is 0 Å². The highest BCUT2D eigenvalue weighted by molar-refractivity contribution is 7.13. The lowest BCUT2D eigenvalue weighted by atomic mass is 10.2. The molecule has 0 aliphatic carbocycles. The van der Waals surface area contributed by atoms with Gasteiger partial charge in [0.1, 0.15) is 28.0 Å². The van der Waals surface area contributed by atoms with Gasteiger partial charge in [-0.1, -0.05) is 18.2 Å². The standard InChI is InChI=1S/C23H18N2O3S/c1-27-18-11-7-16(8-12-18)23-25-21(15-29-23)22(26)24-17-9-13-20(14-10-17)28-19-5-3-2-4-6-19/h2-15H,1H3,(H,24,26). The maximum absolute atomic E-state index is 12.5. The molecule has 144 valence electrons. The number of carbonyl (C=O) groups excluding carboxylic acids is 1. The molecule has 0 radical (unpaired) electrons. The number of thiazole rings is 1. The molecule has 5 nitrogen and oxygen atoms in total. The Kier molecular flexibility index (Phi) is 5.54. The van der Waals surface area contributed by atoms with Gasteiger partial charge in [0.2, 0.25) is 0 Å². The second-order valence-electron chi connectivity index (χ2n) is 6.16. The smallest absolute Gasteiger partial charge is 0.275 e. The van der Waals surface area contributed by atoms with Crippen molar-refractivity contribution < 1.29 is 14.3 Å². The number of hydrogen-bond acceptors (Lipinski definition) is 5. The Hall–Kier alpha value is -3.64. The van der Waals surface area contributed by atoms with Crippen LogP contribution in [0.2, 0.25) is 0 Å². The molecule has 0 aliphatic heterocycles. The quantitative estimate of drug-likeness (QED) is 0.439. The van der Waals surface area contributed by atoms with E-state index in [1.165, 1.54) is 11.3 Å². The van der Waals surface area contributed by atoms with Crippen LogP contribution in [-0.2, 0) is 0 Å². The second-order valence-corrected chi connectivity index (χ2v) is 7.02. The van der Waals surface area contributed by atoms with Crippen LogP contribution in [0.4, 0.5) is 5.69 Å². The molecule has 1 amide bonds. The predicted molar refractivity (Wildman–Crippen MR) is 115 cm³/mol. The summed E-state index contributed by atoms with van der Waals surface area (Å²) in [6.07, 6.45) is 0. The van der Waals surface area contributed by atoms with Gasteiger partial charge < -0.3 is 14.8 Å². The summed E-state index contributed by atoms with van der Waals surface area (Å²) in [5, 5.41) is 5.40. The fraction of sp³-hybridized carbons (Fsp3) is 0.0435. The summed E-state index contributed by atoms with van der Waals surface area (Å²) in [5.41, 5.74) is 2.00. The van der Waals surface area contributed by atoms with E-state index in [1.807, 2.05) is 66.7 Å². The second kappa shape index (κ2) is 8.58. The van der Waals surface area contributed by atoms with Crippen LogP contribution in [0.3, 0.4) is 0 Å². The monoisotopic (exact) mass is 402 g/mol. The lowest BCUT2D eigenvalue weighted by Gasteiger charge is -2.07. The fourth-order valence-corrected chi connectivity index (χ4v) is 3.48. The first-order chi connectivity index (χ1) is 14.2. The average Bonchev–Trinajstić information content (AvgIpc) is 3.26. The zero-order chi connectivity index (χ0) is 20.1. The van der Waals surface area contributed by atoms with Crippen LogP contribution in [0.1, 0.15) is 10.5 Å². The Morgan fingerprint density at radius 2 is 1.52 bits per heavy atom. The van der Waals surface area contributed by atoms with Gasteiger partial charge in [0.25, 0.3) is 5.91 Å². The van der Waals surface area contributed by atoms with Crippen LogP contribution in [0.15, 0.2) is 84.2 Å². The Morgan fingerprint density at radius 3 is 2.21 bits per heavy atom. The molecular formula is C23H18N2O3S. The molecule has 0 unspecified atom stereocenters. The molecule has 29 heavy (non-hydrogen) atoms. The highest BCUT2D eigenvalue weighted by Crippen LogP contribution is 2.27. The minimum absolute atomic E-state index is 0.252. The highest BCUT2D eigenvalue weighted by Gasteiger charge is 2.12. The first-order valence-corrected chi connectivity index (χ1v) is 9.83. The largest absolute Gasteiger partial charge is 0.497 e. The van der Waals surface area contributed by atoms with E-state index in [1.54, 1.807) is 24.6 Å². The SMILES string of the molecule is COc1ccc(-c2nc(C(=O)Nc3ccc(Oc4ccccc4)cc3)cs2)cc1. The zero-order valence-electron chi connectivity index (χ0n) is 15.7. The molecule has 0 fully saturated rings. The van der Waals surface area contributed by atoms with E-state index in [-0.39, 0.29) is 5.91 Å². The third kappa shape index (κ3) is 4.62. The average molecular weight is 402 g/mol. The summed E-state index contributed by atoms with van der Waals surface area (Å²) in [6, 6.07) is 24.3. The van der Waals surface area contributed by atoms with Crippen molar-refractivity contribution in [2.45, 2.75) is 0 Å². The molecule has 1 N–H and O–H groups in total. The van der Waals surface area contributed by atoms with Crippen LogP contribution in [0.5, 0.6) is 17.2 Å². The van der Waals surface area contributed by atoms with Crippen molar-refractivity contribution in [2.75, 3.05) is 12.4 Å². The first-order valence-electron chi connectivity index (χ1n) is 8.95. The zero-order valence-corrected chi connectivity index (χ0v) is 16.5. The molecule has 0 atom stereocenters. The van der Waals surface area contributed by atoms with Crippen molar-refractivity contribution in [2.24, 2.45) is 0 Å². The molecule has 1 heterocycles. The van der Waals surface area contributed by atoms with E-state index in [9.17, 15) is 4.79 Å². The number of rotatable bonds is 6. The molecule has 4 aromatic rings. The molecule has 0 saturated carbocycles. The molecule has 0 aliphatic rings. The minimum atomic E-state index is -0.252. The van der Waals surface area contributed by atoms with E-state index in [0.29, 0.717) is 17.1 Å². The number of nitrogens with zero attached hydrogens (tertiary/aromatic N) is 1. The van der Waals surface area contributed by atoms with Gasteiger partial charge >= 0.3 is 0 Å². The number of carbonyl (C=O) groups is 1. The van der Waals surface area contributed by atoms with Crippen LogP contribution < -0.4 is 14.8 Å². The molecule has 0 saturated heterocycles. The normalized spacial score (nSPS) is 10.4. The molecule has 3 aromatic carbocycles. The number of anilines is 1. The van der Waals surface area contributed by atoms with E-state index in [2.05, 4.69) is 10.3 Å². The lowest BCUT2D eigenvalue weighted by Crippen LogP contribution is -2.12. The summed E-state index contributed by atoms with van der Waals surface area (Å²) in [5.74, 6) is 1.99. The van der Waals surface area contributed by atoms with Gasteiger partial charge in [-0.2, -0.15) is 0 Å². The van der Waals surface area contributed by atoms with Crippen molar-refractivity contribution >= 4 is 22.9 Å². The first kappa shape index (κ1) is 18.7. The Morgan fingerprint density at radius 1 is 0.862 bits per heavy atom. The summed E-state index contributed by atoms with van der Waals surface area (Å²) in [4.78, 5) is 17.0. The van der Waals surface area contributed by atoms with Gasteiger partial charge in [-0.25, -0.2) is 4.98 Å². The Balaban J connectivity index is 1.41. The maximum atomic E-state index is 12.5. The summed E-state index contributed by atoms with van der Waals surface area (Å²) < 4.78 is 10.9. The van der Waals surface area contributed by atoms with Crippen molar-refractivity contribution in [3.63, 3.8) is 0 Å². The number of ether oxygens (including phenoxy) is 2. The van der Waals surface area contributed by atoms with Crippen LogP contribution >= 0.6 is 11.3 Å². The van der Waals surface area contributed by atoms with Crippen molar-refractivity contribution in [3.05, 3.63) is 89.9 Å². The van der Waals surface area contributed by atoms with E-state index in [0.717, 1.165) is 22.1 Å². The number of nitrogens with one attached hydrogen (secondary N) is 1. The summed E-state index contributed by atoms with van der Waals surface area (Å²) >= 11 is 1.43. The minimum Gasteiger partial charge on any atom is -0.497 e. The molecule has 0 bridgehead atoms. The molecule has 1 aromatic heterocycles. The van der Waals surface area contributed by atoms with Gasteiger partial charge in [0, 0.05) is 16.6 Å². The van der Waals surface area contributed by atoms with Gasteiger partial charge in [0.05, 0.1) is 7.11 Å². The van der Waals surface area contributed by atoms with E-state index >= 15 is 0 Å². The fourth-order valence-electron chi connectivity index (χ4n) is 2.67. The number of aromatic nitrogens is 1. The number of methoxy groups -OCH3 is 1. The number of hydrogen-bond donors (Lipinski definition) is 1. The number of amides is 1. The van der Waals surface area contributed by atoms with Gasteiger partial charge in [-0.3, -0.25) is 4.79 Å². The number of para-hydroxylation sites is 1. The topological polar surface area (TPSA) is 60.5 Å².